The number of carbonyl (C=O) groups is 1. The van der Waals surface area contributed by atoms with Crippen molar-refractivity contribution in [3.63, 3.8) is 0 Å². The van der Waals surface area contributed by atoms with Gasteiger partial charge in [0.15, 0.2) is 5.13 Å². The summed E-state index contributed by atoms with van der Waals surface area (Å²) in [7, 11) is 0. The van der Waals surface area contributed by atoms with Crippen molar-refractivity contribution >= 4 is 39.0 Å². The largest absolute Gasteiger partial charge is 0.348 e. The highest BCUT2D eigenvalue weighted by molar-refractivity contribution is 7.17. The van der Waals surface area contributed by atoms with Crippen molar-refractivity contribution in [3.05, 3.63) is 83.5 Å². The van der Waals surface area contributed by atoms with E-state index < -0.39 is 0 Å². The van der Waals surface area contributed by atoms with Crippen LogP contribution >= 0.6 is 11.3 Å². The number of amides is 1. The first-order chi connectivity index (χ1) is 15.7. The minimum atomic E-state index is -0.0419. The number of piperidine rings is 1. The number of benzene rings is 2. The summed E-state index contributed by atoms with van der Waals surface area (Å²) in [6.45, 7) is 2.95. The summed E-state index contributed by atoms with van der Waals surface area (Å²) in [6.07, 6.45) is 5.37. The normalized spacial score (nSPS) is 15.0. The Balaban J connectivity index is 1.14. The summed E-state index contributed by atoms with van der Waals surface area (Å²) in [5, 5.41) is 8.25. The van der Waals surface area contributed by atoms with Crippen LogP contribution in [-0.4, -0.2) is 39.9 Å². The van der Waals surface area contributed by atoms with Crippen molar-refractivity contribution in [1.29, 1.82) is 0 Å². The van der Waals surface area contributed by atoms with E-state index in [4.69, 9.17) is 0 Å². The van der Waals surface area contributed by atoms with E-state index >= 15 is 0 Å². The Hall–Kier alpha value is -3.29. The maximum atomic E-state index is 12.7. The van der Waals surface area contributed by atoms with Crippen LogP contribution in [0.25, 0.3) is 10.9 Å². The molecule has 0 saturated carbocycles. The zero-order valence-electron chi connectivity index (χ0n) is 17.7. The predicted octanol–water partition coefficient (Wildman–Crippen LogP) is 4.83. The lowest BCUT2D eigenvalue weighted by Gasteiger charge is -2.32. The number of rotatable bonds is 6. The number of anilines is 2. The van der Waals surface area contributed by atoms with Crippen LogP contribution in [0, 0.1) is 0 Å². The molecule has 1 aliphatic heterocycles. The van der Waals surface area contributed by atoms with E-state index in [0.29, 0.717) is 10.0 Å². The average molecular weight is 444 g/mol. The number of pyridine rings is 1. The van der Waals surface area contributed by atoms with Crippen LogP contribution in [0.2, 0.25) is 0 Å². The molecule has 2 N–H and O–H groups in total. The van der Waals surface area contributed by atoms with Gasteiger partial charge in [0.25, 0.3) is 5.91 Å². The number of fused-ring (bicyclic) bond motifs is 1. The Morgan fingerprint density at radius 3 is 2.72 bits per heavy atom. The highest BCUT2D eigenvalue weighted by Crippen LogP contribution is 2.25. The van der Waals surface area contributed by atoms with Gasteiger partial charge in [0.2, 0.25) is 0 Å². The molecule has 2 aromatic heterocycles. The van der Waals surface area contributed by atoms with E-state index in [1.807, 2.05) is 36.4 Å². The second-order valence-corrected chi connectivity index (χ2v) is 9.11. The molecule has 32 heavy (non-hydrogen) atoms. The lowest BCUT2D eigenvalue weighted by Crippen LogP contribution is -2.44. The summed E-state index contributed by atoms with van der Waals surface area (Å²) < 4.78 is 0. The number of carbonyl (C=O) groups excluding carboxylic acids is 1. The Kier molecular flexibility index (Phi) is 6.09. The fourth-order valence-electron chi connectivity index (χ4n) is 4.05. The quantitative estimate of drug-likeness (QED) is 0.447. The van der Waals surface area contributed by atoms with Crippen molar-refractivity contribution in [1.82, 2.24) is 20.2 Å². The second-order valence-electron chi connectivity index (χ2n) is 8.08. The molecule has 5 rings (SSSR count). The second kappa shape index (κ2) is 9.46. The molecule has 4 aromatic rings. The van der Waals surface area contributed by atoms with Gasteiger partial charge in [-0.05, 0) is 42.7 Å². The van der Waals surface area contributed by atoms with Gasteiger partial charge < -0.3 is 10.6 Å². The molecule has 1 fully saturated rings. The SMILES string of the molecule is O=C(NC1CCN(Cc2ccccc2)CC1)c1cnc(Nc2ccc3ncccc3c2)s1. The Morgan fingerprint density at radius 2 is 1.88 bits per heavy atom. The molecule has 1 aliphatic rings. The number of nitrogens with one attached hydrogen (secondary N) is 2. The third-order valence-electron chi connectivity index (χ3n) is 5.76. The third-order valence-corrected chi connectivity index (χ3v) is 6.67. The van der Waals surface area contributed by atoms with Gasteiger partial charge in [-0.1, -0.05) is 47.7 Å². The highest BCUT2D eigenvalue weighted by Gasteiger charge is 2.22. The van der Waals surface area contributed by atoms with E-state index in [0.717, 1.165) is 49.1 Å². The summed E-state index contributed by atoms with van der Waals surface area (Å²) >= 11 is 1.37. The number of aromatic nitrogens is 2. The monoisotopic (exact) mass is 443 g/mol. The average Bonchev–Trinajstić information content (AvgIpc) is 3.30. The third kappa shape index (κ3) is 4.95. The maximum absolute atomic E-state index is 12.7. The fourth-order valence-corrected chi connectivity index (χ4v) is 4.79. The van der Waals surface area contributed by atoms with Crippen LogP contribution in [0.15, 0.2) is 73.1 Å². The molecule has 6 nitrogen and oxygen atoms in total. The molecule has 1 saturated heterocycles. The molecule has 0 bridgehead atoms. The molecule has 3 heterocycles. The molecular formula is C25H25N5OS. The lowest BCUT2D eigenvalue weighted by atomic mass is 10.0. The predicted molar refractivity (Wildman–Crippen MR) is 129 cm³/mol. The van der Waals surface area contributed by atoms with E-state index in [2.05, 4.69) is 49.8 Å². The molecule has 2 aromatic carbocycles. The molecule has 162 valence electrons. The number of hydrogen-bond donors (Lipinski definition) is 2. The van der Waals surface area contributed by atoms with Crippen molar-refractivity contribution in [3.8, 4) is 0 Å². The van der Waals surface area contributed by atoms with E-state index in [9.17, 15) is 4.79 Å². The first-order valence-electron chi connectivity index (χ1n) is 10.9. The Morgan fingerprint density at radius 1 is 1.03 bits per heavy atom. The number of nitrogens with zero attached hydrogens (tertiary/aromatic N) is 3. The summed E-state index contributed by atoms with van der Waals surface area (Å²) in [6, 6.07) is 20.7. The summed E-state index contributed by atoms with van der Waals surface area (Å²) in [5.41, 5.74) is 3.21. The van der Waals surface area contributed by atoms with Crippen LogP contribution < -0.4 is 10.6 Å². The van der Waals surface area contributed by atoms with Crippen LogP contribution in [-0.2, 0) is 6.54 Å². The summed E-state index contributed by atoms with van der Waals surface area (Å²) in [4.78, 5) is 24.5. The zero-order valence-corrected chi connectivity index (χ0v) is 18.5. The van der Waals surface area contributed by atoms with Crippen molar-refractivity contribution in [2.24, 2.45) is 0 Å². The molecule has 0 unspecified atom stereocenters. The van der Waals surface area contributed by atoms with Gasteiger partial charge in [-0.3, -0.25) is 14.7 Å². The molecule has 0 aliphatic carbocycles. The molecule has 0 atom stereocenters. The van der Waals surface area contributed by atoms with Crippen LogP contribution in [0.4, 0.5) is 10.8 Å². The van der Waals surface area contributed by atoms with Gasteiger partial charge in [-0.15, -0.1) is 0 Å². The molecule has 1 amide bonds. The fraction of sp³-hybridized carbons (Fsp3) is 0.240. The summed E-state index contributed by atoms with van der Waals surface area (Å²) in [5.74, 6) is -0.0419. The van der Waals surface area contributed by atoms with Gasteiger partial charge in [0.1, 0.15) is 4.88 Å². The first kappa shape index (κ1) is 20.6. The van der Waals surface area contributed by atoms with E-state index in [-0.39, 0.29) is 11.9 Å². The van der Waals surface area contributed by atoms with Crippen LogP contribution in [0.3, 0.4) is 0 Å². The molecule has 0 radical (unpaired) electrons. The Bertz CT molecular complexity index is 1200. The van der Waals surface area contributed by atoms with Gasteiger partial charge in [-0.25, -0.2) is 4.98 Å². The minimum Gasteiger partial charge on any atom is -0.348 e. The maximum Gasteiger partial charge on any atom is 0.263 e. The molecular weight excluding hydrogens is 418 g/mol. The molecule has 0 spiro atoms. The van der Waals surface area contributed by atoms with Gasteiger partial charge >= 0.3 is 0 Å². The van der Waals surface area contributed by atoms with Crippen LogP contribution in [0.5, 0.6) is 0 Å². The topological polar surface area (TPSA) is 70.2 Å². The van der Waals surface area contributed by atoms with E-state index in [1.165, 1.54) is 16.9 Å². The van der Waals surface area contributed by atoms with Crippen molar-refractivity contribution < 1.29 is 4.79 Å². The highest BCUT2D eigenvalue weighted by atomic mass is 32.1. The van der Waals surface area contributed by atoms with E-state index in [1.54, 1.807) is 12.4 Å². The van der Waals surface area contributed by atoms with Gasteiger partial charge in [-0.2, -0.15) is 0 Å². The van der Waals surface area contributed by atoms with Crippen molar-refractivity contribution in [2.45, 2.75) is 25.4 Å². The standard InChI is InChI=1S/C25H25N5OS/c31-24(28-20-10-13-30(14-11-20)17-18-5-2-1-3-6-18)23-16-27-25(32-23)29-21-8-9-22-19(15-21)7-4-12-26-22/h1-9,12,15-16,20H,10-11,13-14,17H2,(H,27,29)(H,28,31). The first-order valence-corrected chi connectivity index (χ1v) is 11.7. The number of thiazole rings is 1. The Labute approximate surface area is 191 Å². The smallest absolute Gasteiger partial charge is 0.263 e. The number of likely N-dealkylation sites (tertiary alicyclic amines) is 1. The van der Waals surface area contributed by atoms with Gasteiger partial charge in [0, 0.05) is 42.9 Å². The van der Waals surface area contributed by atoms with Crippen molar-refractivity contribution in [2.75, 3.05) is 18.4 Å². The lowest BCUT2D eigenvalue weighted by molar-refractivity contribution is 0.0913. The van der Waals surface area contributed by atoms with Gasteiger partial charge in [0.05, 0.1) is 11.7 Å². The zero-order chi connectivity index (χ0) is 21.8. The minimum absolute atomic E-state index is 0.0419. The van der Waals surface area contributed by atoms with Crippen LogP contribution in [0.1, 0.15) is 28.1 Å². The number of hydrogen-bond acceptors (Lipinski definition) is 6. The molecule has 7 heteroatoms.